The first-order valence-electron chi connectivity index (χ1n) is 5.83. The van der Waals surface area contributed by atoms with Crippen molar-refractivity contribution in [2.75, 3.05) is 19.7 Å². The van der Waals surface area contributed by atoms with Crippen LogP contribution >= 0.6 is 0 Å². The van der Waals surface area contributed by atoms with Gasteiger partial charge < -0.3 is 10.1 Å². The van der Waals surface area contributed by atoms with Crippen molar-refractivity contribution in [2.24, 2.45) is 0 Å². The van der Waals surface area contributed by atoms with Crippen molar-refractivity contribution in [1.82, 2.24) is 5.32 Å². The zero-order valence-electron chi connectivity index (χ0n) is 8.91. The second-order valence-electron chi connectivity index (χ2n) is 4.55. The number of ether oxygens (including phenoxy) is 1. The number of fused-ring (bicyclic) bond motifs is 1. The predicted octanol–water partition coefficient (Wildman–Crippen LogP) is 1.70. The van der Waals surface area contributed by atoms with Crippen LogP contribution in [0, 0.1) is 0 Å². The molecule has 1 saturated heterocycles. The van der Waals surface area contributed by atoms with Crippen LogP contribution in [0.15, 0.2) is 24.3 Å². The van der Waals surface area contributed by atoms with E-state index in [9.17, 15) is 0 Å². The molecule has 1 heterocycles. The number of hydrogen-bond acceptors (Lipinski definition) is 2. The molecule has 1 aliphatic carbocycles. The summed E-state index contributed by atoms with van der Waals surface area (Å²) in [4.78, 5) is 0. The SMILES string of the molecule is c1ccc2c(c1)CC2COC1CCNC1. The molecular formula is C13H17NO. The van der Waals surface area contributed by atoms with Crippen molar-refractivity contribution >= 4 is 0 Å². The molecule has 2 aliphatic rings. The molecule has 15 heavy (non-hydrogen) atoms. The molecule has 1 aromatic rings. The van der Waals surface area contributed by atoms with Gasteiger partial charge in [-0.2, -0.15) is 0 Å². The van der Waals surface area contributed by atoms with Crippen LogP contribution in [0.4, 0.5) is 0 Å². The fourth-order valence-corrected chi connectivity index (χ4v) is 2.53. The van der Waals surface area contributed by atoms with Gasteiger partial charge in [0.15, 0.2) is 0 Å². The monoisotopic (exact) mass is 203 g/mol. The molecule has 2 nitrogen and oxygen atoms in total. The maximum Gasteiger partial charge on any atom is 0.0711 e. The van der Waals surface area contributed by atoms with E-state index in [1.165, 1.54) is 24.0 Å². The zero-order valence-corrected chi connectivity index (χ0v) is 8.91. The standard InChI is InChI=1S/C13H17NO/c1-2-4-13-10(3-1)7-11(13)9-15-12-5-6-14-8-12/h1-4,11-12,14H,5-9H2. The van der Waals surface area contributed by atoms with Gasteiger partial charge in [-0.3, -0.25) is 0 Å². The quantitative estimate of drug-likeness (QED) is 0.807. The molecule has 0 bridgehead atoms. The molecule has 0 amide bonds. The first kappa shape index (κ1) is 9.37. The predicted molar refractivity (Wildman–Crippen MR) is 60.1 cm³/mol. The lowest BCUT2D eigenvalue weighted by molar-refractivity contribution is 0.0526. The lowest BCUT2D eigenvalue weighted by atomic mass is 9.78. The van der Waals surface area contributed by atoms with Gasteiger partial charge in [-0.1, -0.05) is 24.3 Å². The fraction of sp³-hybridized carbons (Fsp3) is 0.538. The minimum absolute atomic E-state index is 0.456. The topological polar surface area (TPSA) is 21.3 Å². The van der Waals surface area contributed by atoms with Crippen LogP contribution in [0.5, 0.6) is 0 Å². The second-order valence-corrected chi connectivity index (χ2v) is 4.55. The summed E-state index contributed by atoms with van der Waals surface area (Å²) in [5.41, 5.74) is 3.01. The summed E-state index contributed by atoms with van der Waals surface area (Å²) in [6.45, 7) is 3.06. The van der Waals surface area contributed by atoms with E-state index in [1.807, 2.05) is 0 Å². The van der Waals surface area contributed by atoms with Crippen molar-refractivity contribution in [3.63, 3.8) is 0 Å². The van der Waals surface area contributed by atoms with E-state index in [-0.39, 0.29) is 0 Å². The van der Waals surface area contributed by atoms with E-state index in [4.69, 9.17) is 4.74 Å². The minimum atomic E-state index is 0.456. The Labute approximate surface area is 90.6 Å². The normalized spacial score (nSPS) is 28.5. The van der Waals surface area contributed by atoms with Crippen molar-refractivity contribution in [3.8, 4) is 0 Å². The highest BCUT2D eigenvalue weighted by Gasteiger charge is 2.26. The van der Waals surface area contributed by atoms with Crippen LogP contribution in [0.3, 0.4) is 0 Å². The van der Waals surface area contributed by atoms with Crippen LogP contribution in [0.25, 0.3) is 0 Å². The van der Waals surface area contributed by atoms with E-state index >= 15 is 0 Å². The average molecular weight is 203 g/mol. The molecule has 1 fully saturated rings. The summed E-state index contributed by atoms with van der Waals surface area (Å²) in [7, 11) is 0. The van der Waals surface area contributed by atoms with E-state index in [0.717, 1.165) is 19.7 Å². The molecule has 3 rings (SSSR count). The smallest absolute Gasteiger partial charge is 0.0711 e. The number of nitrogens with one attached hydrogen (secondary N) is 1. The number of rotatable bonds is 3. The third-order valence-electron chi connectivity index (χ3n) is 3.51. The third-order valence-corrected chi connectivity index (χ3v) is 3.51. The highest BCUT2D eigenvalue weighted by molar-refractivity contribution is 5.39. The molecule has 0 saturated carbocycles. The second kappa shape index (κ2) is 3.95. The summed E-state index contributed by atoms with van der Waals surface area (Å²) in [5, 5.41) is 3.33. The van der Waals surface area contributed by atoms with E-state index in [1.54, 1.807) is 0 Å². The summed E-state index contributed by atoms with van der Waals surface area (Å²) in [6.07, 6.45) is 2.84. The molecule has 1 aliphatic heterocycles. The third kappa shape index (κ3) is 1.80. The van der Waals surface area contributed by atoms with Crippen LogP contribution in [0.1, 0.15) is 23.5 Å². The Bertz CT molecular complexity index is 344. The molecule has 1 aromatic carbocycles. The van der Waals surface area contributed by atoms with Gasteiger partial charge in [-0.15, -0.1) is 0 Å². The maximum atomic E-state index is 5.90. The number of hydrogen-bond donors (Lipinski definition) is 1. The van der Waals surface area contributed by atoms with Gasteiger partial charge in [0.2, 0.25) is 0 Å². The zero-order chi connectivity index (χ0) is 10.1. The Morgan fingerprint density at radius 2 is 2.27 bits per heavy atom. The molecule has 2 heteroatoms. The fourth-order valence-electron chi connectivity index (χ4n) is 2.53. The van der Waals surface area contributed by atoms with Crippen molar-refractivity contribution in [1.29, 1.82) is 0 Å². The highest BCUT2D eigenvalue weighted by atomic mass is 16.5. The summed E-state index contributed by atoms with van der Waals surface area (Å²) < 4.78 is 5.90. The number of benzene rings is 1. The molecule has 80 valence electrons. The largest absolute Gasteiger partial charge is 0.376 e. The Morgan fingerprint density at radius 3 is 3.07 bits per heavy atom. The highest BCUT2D eigenvalue weighted by Crippen LogP contribution is 2.35. The van der Waals surface area contributed by atoms with Crippen molar-refractivity contribution < 1.29 is 4.74 Å². The van der Waals surface area contributed by atoms with E-state index in [2.05, 4.69) is 29.6 Å². The Balaban J connectivity index is 1.54. The molecule has 1 N–H and O–H groups in total. The van der Waals surface area contributed by atoms with Gasteiger partial charge in [0.1, 0.15) is 0 Å². The van der Waals surface area contributed by atoms with Crippen LogP contribution in [0.2, 0.25) is 0 Å². The van der Waals surface area contributed by atoms with E-state index in [0.29, 0.717) is 12.0 Å². The summed E-state index contributed by atoms with van der Waals surface area (Å²) in [5.74, 6) is 0.654. The Hall–Kier alpha value is -0.860. The Morgan fingerprint density at radius 1 is 1.33 bits per heavy atom. The molecule has 0 aromatic heterocycles. The summed E-state index contributed by atoms with van der Waals surface area (Å²) in [6, 6.07) is 8.71. The van der Waals surface area contributed by atoms with Crippen molar-refractivity contribution in [2.45, 2.75) is 24.9 Å². The first-order valence-corrected chi connectivity index (χ1v) is 5.83. The lowest BCUT2D eigenvalue weighted by Crippen LogP contribution is -2.26. The molecule has 0 radical (unpaired) electrons. The van der Waals surface area contributed by atoms with Crippen LogP contribution < -0.4 is 5.32 Å². The average Bonchev–Trinajstić information content (AvgIpc) is 2.72. The lowest BCUT2D eigenvalue weighted by Gasteiger charge is -2.30. The van der Waals surface area contributed by atoms with Gasteiger partial charge in [-0.05, 0) is 30.5 Å². The minimum Gasteiger partial charge on any atom is -0.376 e. The van der Waals surface area contributed by atoms with Gasteiger partial charge in [-0.25, -0.2) is 0 Å². The molecule has 2 unspecified atom stereocenters. The maximum absolute atomic E-state index is 5.90. The molecule has 2 atom stereocenters. The van der Waals surface area contributed by atoms with Gasteiger partial charge >= 0.3 is 0 Å². The van der Waals surface area contributed by atoms with E-state index < -0.39 is 0 Å². The van der Waals surface area contributed by atoms with Crippen LogP contribution in [-0.4, -0.2) is 25.8 Å². The van der Waals surface area contributed by atoms with Gasteiger partial charge in [0.25, 0.3) is 0 Å². The van der Waals surface area contributed by atoms with Crippen LogP contribution in [-0.2, 0) is 11.2 Å². The Kier molecular flexibility index (Phi) is 2.47. The van der Waals surface area contributed by atoms with Crippen molar-refractivity contribution in [3.05, 3.63) is 35.4 Å². The van der Waals surface area contributed by atoms with Gasteiger partial charge in [0, 0.05) is 12.5 Å². The van der Waals surface area contributed by atoms with Gasteiger partial charge in [0.05, 0.1) is 12.7 Å². The summed E-state index contributed by atoms with van der Waals surface area (Å²) >= 11 is 0. The molecule has 0 spiro atoms. The molecular weight excluding hydrogens is 186 g/mol. The first-order chi connectivity index (χ1) is 7.43.